The number of hydrogen-bond acceptors (Lipinski definition) is 6. The summed E-state index contributed by atoms with van der Waals surface area (Å²) in [5, 5.41) is 33.6. The van der Waals surface area contributed by atoms with Crippen LogP contribution in [0.4, 0.5) is 5.69 Å². The Labute approximate surface area is 130 Å². The molecule has 2 aromatic rings. The number of carbonyl (C=O) groups is 1. The summed E-state index contributed by atoms with van der Waals surface area (Å²) in [5.74, 6) is -1.04. The van der Waals surface area contributed by atoms with Crippen molar-refractivity contribution in [1.29, 1.82) is 0 Å². The van der Waals surface area contributed by atoms with E-state index >= 15 is 0 Å². The maximum atomic E-state index is 12.0. The number of phenolic OH excluding ortho intramolecular Hbond substituents is 2. The van der Waals surface area contributed by atoms with Crippen LogP contribution >= 0.6 is 0 Å². The molecule has 3 N–H and O–H groups in total. The number of hydrogen-bond donors (Lipinski definition) is 3. The Kier molecular flexibility index (Phi) is 4.55. The molecule has 1 amide bonds. The monoisotopic (exact) mass is 315 g/mol. The van der Waals surface area contributed by atoms with E-state index in [4.69, 9.17) is 0 Å². The minimum Gasteiger partial charge on any atom is -0.508 e. The third-order valence-corrected chi connectivity index (χ3v) is 2.99. The molecule has 0 heterocycles. The van der Waals surface area contributed by atoms with E-state index in [1.807, 2.05) is 0 Å². The van der Waals surface area contributed by atoms with Crippen LogP contribution in [0.2, 0.25) is 0 Å². The number of benzene rings is 2. The van der Waals surface area contributed by atoms with Crippen molar-refractivity contribution in [3.63, 3.8) is 0 Å². The van der Waals surface area contributed by atoms with E-state index in [1.54, 1.807) is 6.92 Å². The second-order valence-corrected chi connectivity index (χ2v) is 4.65. The van der Waals surface area contributed by atoms with Gasteiger partial charge >= 0.3 is 0 Å². The van der Waals surface area contributed by atoms with Gasteiger partial charge < -0.3 is 10.2 Å². The number of hydrazone groups is 1. The molecule has 0 radical (unpaired) electrons. The molecule has 0 bridgehead atoms. The summed E-state index contributed by atoms with van der Waals surface area (Å²) in [4.78, 5) is 22.3. The van der Waals surface area contributed by atoms with Crippen LogP contribution in [0.5, 0.6) is 11.5 Å². The summed E-state index contributed by atoms with van der Waals surface area (Å²) in [6, 6.07) is 9.37. The Morgan fingerprint density at radius 2 is 1.78 bits per heavy atom. The van der Waals surface area contributed by atoms with E-state index in [2.05, 4.69) is 10.5 Å². The van der Waals surface area contributed by atoms with E-state index in [-0.39, 0.29) is 22.7 Å². The van der Waals surface area contributed by atoms with Gasteiger partial charge in [-0.25, -0.2) is 5.43 Å². The lowest BCUT2D eigenvalue weighted by Gasteiger charge is -2.05. The molecule has 0 atom stereocenters. The number of rotatable bonds is 4. The summed E-state index contributed by atoms with van der Waals surface area (Å²) in [6.45, 7) is 1.55. The second-order valence-electron chi connectivity index (χ2n) is 4.65. The Morgan fingerprint density at radius 1 is 1.17 bits per heavy atom. The van der Waals surface area contributed by atoms with Crippen LogP contribution < -0.4 is 5.43 Å². The van der Waals surface area contributed by atoms with Gasteiger partial charge in [-0.2, -0.15) is 5.10 Å². The number of nitrogens with zero attached hydrogens (tertiary/aromatic N) is 2. The van der Waals surface area contributed by atoms with Crippen LogP contribution in [0.3, 0.4) is 0 Å². The largest absolute Gasteiger partial charge is 0.508 e. The van der Waals surface area contributed by atoms with Crippen LogP contribution in [0.15, 0.2) is 47.6 Å². The molecule has 23 heavy (non-hydrogen) atoms. The van der Waals surface area contributed by atoms with Crippen molar-refractivity contribution in [3.8, 4) is 11.5 Å². The zero-order chi connectivity index (χ0) is 17.0. The number of nitrogens with one attached hydrogen (secondary N) is 1. The molecule has 0 aliphatic heterocycles. The van der Waals surface area contributed by atoms with E-state index < -0.39 is 10.8 Å². The quantitative estimate of drug-likeness (QED) is 0.453. The highest BCUT2D eigenvalue weighted by Crippen LogP contribution is 2.21. The number of phenols is 2. The van der Waals surface area contributed by atoms with Crippen LogP contribution in [-0.4, -0.2) is 26.8 Å². The lowest BCUT2D eigenvalue weighted by atomic mass is 10.1. The van der Waals surface area contributed by atoms with Gasteiger partial charge in [0.15, 0.2) is 0 Å². The van der Waals surface area contributed by atoms with Gasteiger partial charge in [-0.05, 0) is 25.1 Å². The summed E-state index contributed by atoms with van der Waals surface area (Å²) in [7, 11) is 0. The molecular formula is C15H13N3O5. The average molecular weight is 315 g/mol. The first-order valence-corrected chi connectivity index (χ1v) is 6.50. The molecule has 0 saturated heterocycles. The molecule has 0 aromatic heterocycles. The minimum absolute atomic E-state index is 0.118. The standard InChI is InChI=1S/C15H13N3O5/c1-9(10-6-11(19)8-12(20)7-10)16-17-15(21)13-4-2-3-5-14(13)18(22)23/h2-8,19-20H,1H3,(H,17,21)/b16-9-. The summed E-state index contributed by atoms with van der Waals surface area (Å²) in [5.41, 5.74) is 2.47. The van der Waals surface area contributed by atoms with Gasteiger partial charge in [0.2, 0.25) is 0 Å². The third-order valence-electron chi connectivity index (χ3n) is 2.99. The van der Waals surface area contributed by atoms with Crippen molar-refractivity contribution in [2.75, 3.05) is 0 Å². The smallest absolute Gasteiger partial charge is 0.282 e. The van der Waals surface area contributed by atoms with Gasteiger partial charge in [-0.3, -0.25) is 14.9 Å². The molecule has 8 nitrogen and oxygen atoms in total. The molecule has 8 heteroatoms. The van der Waals surface area contributed by atoms with E-state index in [0.717, 1.165) is 6.07 Å². The zero-order valence-electron chi connectivity index (χ0n) is 12.1. The molecule has 118 valence electrons. The van der Waals surface area contributed by atoms with Crippen molar-refractivity contribution in [2.24, 2.45) is 5.10 Å². The van der Waals surface area contributed by atoms with Crippen molar-refractivity contribution < 1.29 is 19.9 Å². The second kappa shape index (κ2) is 6.56. The van der Waals surface area contributed by atoms with Gasteiger partial charge in [0.05, 0.1) is 10.6 Å². The summed E-state index contributed by atoms with van der Waals surface area (Å²) in [6.07, 6.45) is 0. The predicted molar refractivity (Wildman–Crippen MR) is 82.5 cm³/mol. The molecule has 0 fully saturated rings. The normalized spacial score (nSPS) is 11.1. The highest BCUT2D eigenvalue weighted by Gasteiger charge is 2.18. The van der Waals surface area contributed by atoms with Crippen LogP contribution in [0.1, 0.15) is 22.8 Å². The van der Waals surface area contributed by atoms with Gasteiger partial charge in [-0.15, -0.1) is 0 Å². The molecule has 2 aromatic carbocycles. The van der Waals surface area contributed by atoms with Crippen molar-refractivity contribution >= 4 is 17.3 Å². The van der Waals surface area contributed by atoms with E-state index in [9.17, 15) is 25.1 Å². The fourth-order valence-electron chi connectivity index (χ4n) is 1.89. The first-order chi connectivity index (χ1) is 10.9. The fraction of sp³-hybridized carbons (Fsp3) is 0.0667. The minimum atomic E-state index is -0.735. The Bertz CT molecular complexity index is 781. The predicted octanol–water partition coefficient (Wildman–Crippen LogP) is 2.16. The topological polar surface area (TPSA) is 125 Å². The molecule has 0 aliphatic carbocycles. The molecule has 0 aliphatic rings. The fourth-order valence-corrected chi connectivity index (χ4v) is 1.89. The average Bonchev–Trinajstić information content (AvgIpc) is 2.51. The first kappa shape index (κ1) is 16.0. The van der Waals surface area contributed by atoms with Crippen LogP contribution in [-0.2, 0) is 0 Å². The number of para-hydroxylation sites is 1. The van der Waals surface area contributed by atoms with Crippen molar-refractivity contribution in [2.45, 2.75) is 6.92 Å². The van der Waals surface area contributed by atoms with Gasteiger partial charge in [0.25, 0.3) is 11.6 Å². The van der Waals surface area contributed by atoms with Crippen LogP contribution in [0, 0.1) is 10.1 Å². The Morgan fingerprint density at radius 3 is 2.39 bits per heavy atom. The van der Waals surface area contributed by atoms with Crippen molar-refractivity contribution in [1.82, 2.24) is 5.43 Å². The highest BCUT2D eigenvalue weighted by atomic mass is 16.6. The third kappa shape index (κ3) is 3.82. The maximum absolute atomic E-state index is 12.0. The SMILES string of the molecule is C/C(=N/NC(=O)c1ccccc1[N+](=O)[O-])c1cc(O)cc(O)c1. The number of carbonyl (C=O) groups excluding carboxylic acids is 1. The van der Waals surface area contributed by atoms with Gasteiger partial charge in [0, 0.05) is 17.7 Å². The number of nitro groups is 1. The summed E-state index contributed by atoms with van der Waals surface area (Å²) < 4.78 is 0. The van der Waals surface area contributed by atoms with Crippen LogP contribution in [0.25, 0.3) is 0 Å². The van der Waals surface area contributed by atoms with Gasteiger partial charge in [-0.1, -0.05) is 12.1 Å². The maximum Gasteiger partial charge on any atom is 0.282 e. The lowest BCUT2D eigenvalue weighted by Crippen LogP contribution is -2.20. The molecule has 2 rings (SSSR count). The first-order valence-electron chi connectivity index (χ1n) is 6.50. The lowest BCUT2D eigenvalue weighted by molar-refractivity contribution is -0.385. The van der Waals surface area contributed by atoms with Gasteiger partial charge in [0.1, 0.15) is 17.1 Å². The number of aromatic hydroxyl groups is 2. The Balaban J connectivity index is 2.22. The molecule has 0 saturated carbocycles. The number of amides is 1. The Hall–Kier alpha value is -3.42. The molecular weight excluding hydrogens is 302 g/mol. The summed E-state index contributed by atoms with van der Waals surface area (Å²) >= 11 is 0. The van der Waals surface area contributed by atoms with Crippen molar-refractivity contribution in [3.05, 3.63) is 63.7 Å². The molecule has 0 unspecified atom stereocenters. The highest BCUT2D eigenvalue weighted by molar-refractivity contribution is 6.02. The molecule has 0 spiro atoms. The zero-order valence-corrected chi connectivity index (χ0v) is 12.1. The number of nitro benzene ring substituents is 1. The van der Waals surface area contributed by atoms with E-state index in [1.165, 1.54) is 36.4 Å². The van der Waals surface area contributed by atoms with E-state index in [0.29, 0.717) is 11.3 Å².